The third kappa shape index (κ3) is 5.28. The molecule has 1 heterocycles. The van der Waals surface area contributed by atoms with Crippen LogP contribution in [0.2, 0.25) is 0 Å². The topological polar surface area (TPSA) is 49.4 Å². The molecule has 0 aromatic heterocycles. The maximum Gasteiger partial charge on any atom is 0.243 e. The first-order valence-corrected chi connectivity index (χ1v) is 10.9. The highest BCUT2D eigenvalue weighted by molar-refractivity contribution is 7.89. The summed E-state index contributed by atoms with van der Waals surface area (Å²) < 4.78 is 27.2. The molecule has 3 rings (SSSR count). The van der Waals surface area contributed by atoms with Gasteiger partial charge < -0.3 is 5.32 Å². The molecule has 0 amide bonds. The van der Waals surface area contributed by atoms with Crippen molar-refractivity contribution in [2.75, 3.05) is 19.6 Å². The van der Waals surface area contributed by atoms with Gasteiger partial charge in [-0.05, 0) is 44.4 Å². The van der Waals surface area contributed by atoms with Gasteiger partial charge in [-0.15, -0.1) is 0 Å². The van der Waals surface area contributed by atoms with E-state index in [0.717, 1.165) is 24.9 Å². The smallest absolute Gasteiger partial charge is 0.243 e. The van der Waals surface area contributed by atoms with Crippen LogP contribution in [-0.2, 0) is 10.0 Å². The van der Waals surface area contributed by atoms with Crippen molar-refractivity contribution < 1.29 is 8.42 Å². The van der Waals surface area contributed by atoms with Gasteiger partial charge in [0.2, 0.25) is 10.0 Å². The molecule has 0 aliphatic carbocycles. The zero-order valence-electron chi connectivity index (χ0n) is 16.1. The Kier molecular flexibility index (Phi) is 6.47. The molecule has 4 nitrogen and oxygen atoms in total. The predicted octanol–water partition coefficient (Wildman–Crippen LogP) is 3.84. The minimum atomic E-state index is -3.38. The lowest BCUT2D eigenvalue weighted by atomic mass is 10.1. The van der Waals surface area contributed by atoms with E-state index in [2.05, 4.69) is 30.4 Å². The molecule has 0 saturated carbocycles. The third-order valence-electron chi connectivity index (χ3n) is 4.99. The number of hydrogen-bond acceptors (Lipinski definition) is 3. The van der Waals surface area contributed by atoms with E-state index in [1.165, 1.54) is 11.1 Å². The molecule has 1 saturated heterocycles. The fourth-order valence-electron chi connectivity index (χ4n) is 3.35. The molecular weight excluding hydrogens is 356 g/mol. The van der Waals surface area contributed by atoms with E-state index in [4.69, 9.17) is 0 Å². The van der Waals surface area contributed by atoms with Crippen molar-refractivity contribution in [2.45, 2.75) is 37.6 Å². The molecule has 144 valence electrons. The number of nitrogens with one attached hydrogen (secondary N) is 1. The molecule has 0 atom stereocenters. The van der Waals surface area contributed by atoms with Crippen LogP contribution in [0.4, 0.5) is 0 Å². The monoisotopic (exact) mass is 384 g/mol. The SMILES string of the molecule is C/C(=C/c1ccccc1)CNC1CCN(S(=O)(=O)c2ccc(C)cc2)CC1. The molecule has 1 N–H and O–H groups in total. The lowest BCUT2D eigenvalue weighted by Crippen LogP contribution is -2.45. The first-order valence-electron chi connectivity index (χ1n) is 9.47. The molecule has 0 radical (unpaired) electrons. The summed E-state index contributed by atoms with van der Waals surface area (Å²) in [6.45, 7) is 6.04. The molecule has 5 heteroatoms. The first-order chi connectivity index (χ1) is 12.9. The first kappa shape index (κ1) is 19.8. The van der Waals surface area contributed by atoms with Gasteiger partial charge in [0.25, 0.3) is 0 Å². The fraction of sp³-hybridized carbons (Fsp3) is 0.364. The summed E-state index contributed by atoms with van der Waals surface area (Å²) in [6, 6.07) is 17.7. The van der Waals surface area contributed by atoms with E-state index < -0.39 is 10.0 Å². The Labute approximate surface area is 163 Å². The van der Waals surface area contributed by atoms with Crippen molar-refractivity contribution in [3.8, 4) is 0 Å². The highest BCUT2D eigenvalue weighted by Crippen LogP contribution is 2.21. The number of rotatable bonds is 6. The standard InChI is InChI=1S/C22H28N2O2S/c1-18-8-10-22(11-9-18)27(25,26)24-14-12-21(13-15-24)23-17-19(2)16-20-6-4-3-5-7-20/h3-11,16,21,23H,12-15,17H2,1-2H3/b19-16-. The number of piperidine rings is 1. The minimum absolute atomic E-state index is 0.355. The van der Waals surface area contributed by atoms with Crippen molar-refractivity contribution >= 4 is 16.1 Å². The van der Waals surface area contributed by atoms with Gasteiger partial charge in [-0.1, -0.05) is 59.7 Å². The van der Waals surface area contributed by atoms with Crippen molar-refractivity contribution in [2.24, 2.45) is 0 Å². The van der Waals surface area contributed by atoms with E-state index in [9.17, 15) is 8.42 Å². The second-order valence-corrected chi connectivity index (χ2v) is 9.21. The number of sulfonamides is 1. The van der Waals surface area contributed by atoms with E-state index in [1.807, 2.05) is 37.3 Å². The largest absolute Gasteiger partial charge is 0.310 e. The normalized spacial score (nSPS) is 17.2. The van der Waals surface area contributed by atoms with Gasteiger partial charge in [0, 0.05) is 25.7 Å². The molecule has 27 heavy (non-hydrogen) atoms. The summed E-state index contributed by atoms with van der Waals surface area (Å²) in [5.41, 5.74) is 3.54. The van der Waals surface area contributed by atoms with Crippen LogP contribution in [0.25, 0.3) is 6.08 Å². The Hall–Kier alpha value is -1.95. The van der Waals surface area contributed by atoms with Crippen LogP contribution in [0, 0.1) is 6.92 Å². The van der Waals surface area contributed by atoms with Crippen LogP contribution in [0.5, 0.6) is 0 Å². The van der Waals surface area contributed by atoms with Crippen molar-refractivity contribution in [1.29, 1.82) is 0 Å². The van der Waals surface area contributed by atoms with Crippen LogP contribution in [0.15, 0.2) is 65.1 Å². The zero-order valence-corrected chi connectivity index (χ0v) is 16.9. The molecule has 2 aromatic rings. The molecule has 0 bridgehead atoms. The molecule has 0 spiro atoms. The lowest BCUT2D eigenvalue weighted by molar-refractivity contribution is 0.293. The van der Waals surface area contributed by atoms with E-state index in [1.54, 1.807) is 16.4 Å². The van der Waals surface area contributed by atoms with E-state index >= 15 is 0 Å². The van der Waals surface area contributed by atoms with Gasteiger partial charge in [0.1, 0.15) is 0 Å². The average Bonchev–Trinajstić information content (AvgIpc) is 2.68. The second kappa shape index (κ2) is 8.83. The fourth-order valence-corrected chi connectivity index (χ4v) is 4.82. The van der Waals surface area contributed by atoms with Crippen LogP contribution < -0.4 is 5.32 Å². The molecule has 1 fully saturated rings. The highest BCUT2D eigenvalue weighted by Gasteiger charge is 2.29. The van der Waals surface area contributed by atoms with E-state index in [0.29, 0.717) is 24.0 Å². The molecule has 0 unspecified atom stereocenters. The maximum absolute atomic E-state index is 12.8. The Morgan fingerprint density at radius 2 is 1.70 bits per heavy atom. The Bertz CT molecular complexity index is 866. The van der Waals surface area contributed by atoms with Crippen molar-refractivity contribution in [1.82, 2.24) is 9.62 Å². The Morgan fingerprint density at radius 1 is 1.07 bits per heavy atom. The summed E-state index contributed by atoms with van der Waals surface area (Å²) in [4.78, 5) is 0.390. The maximum atomic E-state index is 12.8. The Balaban J connectivity index is 1.51. The van der Waals surface area contributed by atoms with Gasteiger partial charge >= 0.3 is 0 Å². The van der Waals surface area contributed by atoms with Gasteiger partial charge in [-0.25, -0.2) is 8.42 Å². The number of hydrogen-bond donors (Lipinski definition) is 1. The summed E-state index contributed by atoms with van der Waals surface area (Å²) >= 11 is 0. The van der Waals surface area contributed by atoms with Crippen LogP contribution in [0.1, 0.15) is 30.9 Å². The van der Waals surface area contributed by atoms with Gasteiger partial charge in [0.15, 0.2) is 0 Å². The molecule has 2 aromatic carbocycles. The zero-order chi connectivity index (χ0) is 19.3. The number of nitrogens with zero attached hydrogens (tertiary/aromatic N) is 1. The van der Waals surface area contributed by atoms with Crippen LogP contribution in [-0.4, -0.2) is 38.4 Å². The Morgan fingerprint density at radius 3 is 2.33 bits per heavy atom. The summed E-state index contributed by atoms with van der Waals surface area (Å²) in [6.07, 6.45) is 3.86. The molecule has 1 aliphatic heterocycles. The second-order valence-electron chi connectivity index (χ2n) is 7.27. The van der Waals surface area contributed by atoms with Crippen molar-refractivity contribution in [3.63, 3.8) is 0 Å². The van der Waals surface area contributed by atoms with Crippen molar-refractivity contribution in [3.05, 3.63) is 71.3 Å². The average molecular weight is 385 g/mol. The number of aryl methyl sites for hydroxylation is 1. The quantitative estimate of drug-likeness (QED) is 0.823. The molecular formula is C22H28N2O2S. The highest BCUT2D eigenvalue weighted by atomic mass is 32.2. The minimum Gasteiger partial charge on any atom is -0.310 e. The predicted molar refractivity (Wildman–Crippen MR) is 111 cm³/mol. The lowest BCUT2D eigenvalue weighted by Gasteiger charge is -2.31. The number of benzene rings is 2. The summed E-state index contributed by atoms with van der Waals surface area (Å²) in [5.74, 6) is 0. The third-order valence-corrected chi connectivity index (χ3v) is 6.91. The summed E-state index contributed by atoms with van der Waals surface area (Å²) in [5, 5.41) is 3.57. The summed E-state index contributed by atoms with van der Waals surface area (Å²) in [7, 11) is -3.38. The van der Waals surface area contributed by atoms with Gasteiger partial charge in [-0.3, -0.25) is 0 Å². The van der Waals surface area contributed by atoms with Crippen LogP contribution >= 0.6 is 0 Å². The van der Waals surface area contributed by atoms with E-state index in [-0.39, 0.29) is 0 Å². The van der Waals surface area contributed by atoms with Gasteiger partial charge in [0.05, 0.1) is 4.90 Å². The van der Waals surface area contributed by atoms with Crippen LogP contribution in [0.3, 0.4) is 0 Å². The molecule has 1 aliphatic rings. The van der Waals surface area contributed by atoms with Gasteiger partial charge in [-0.2, -0.15) is 4.31 Å².